The predicted molar refractivity (Wildman–Crippen MR) is 73.2 cm³/mol. The molecular formula is C15H23FN2. The highest BCUT2D eigenvalue weighted by Gasteiger charge is 2.22. The molecule has 1 unspecified atom stereocenters. The molecule has 18 heavy (non-hydrogen) atoms. The lowest BCUT2D eigenvalue weighted by atomic mass is 10.1. The van der Waals surface area contributed by atoms with Crippen molar-refractivity contribution in [2.24, 2.45) is 0 Å². The lowest BCUT2D eigenvalue weighted by Crippen LogP contribution is -2.37. The van der Waals surface area contributed by atoms with E-state index in [2.05, 4.69) is 10.2 Å². The second-order valence-corrected chi connectivity index (χ2v) is 5.12. The number of nitrogens with zero attached hydrogens (tertiary/aromatic N) is 1. The van der Waals surface area contributed by atoms with Gasteiger partial charge in [-0.1, -0.05) is 12.1 Å². The van der Waals surface area contributed by atoms with Crippen LogP contribution in [0.2, 0.25) is 0 Å². The molecule has 0 radical (unpaired) electrons. The highest BCUT2D eigenvalue weighted by Crippen LogP contribution is 2.17. The molecule has 0 saturated carbocycles. The van der Waals surface area contributed by atoms with Gasteiger partial charge in [0, 0.05) is 12.6 Å². The minimum atomic E-state index is -0.146. The molecule has 100 valence electrons. The van der Waals surface area contributed by atoms with Crippen LogP contribution in [0.1, 0.15) is 24.8 Å². The number of benzene rings is 1. The van der Waals surface area contributed by atoms with Gasteiger partial charge in [0.05, 0.1) is 0 Å². The van der Waals surface area contributed by atoms with Gasteiger partial charge in [0.25, 0.3) is 0 Å². The van der Waals surface area contributed by atoms with Crippen LogP contribution < -0.4 is 5.32 Å². The second-order valence-electron chi connectivity index (χ2n) is 5.12. The zero-order valence-electron chi connectivity index (χ0n) is 11.2. The molecule has 0 bridgehead atoms. The van der Waals surface area contributed by atoms with E-state index >= 15 is 0 Å². The fourth-order valence-corrected chi connectivity index (χ4v) is 2.79. The van der Waals surface area contributed by atoms with E-state index < -0.39 is 0 Å². The maximum absolute atomic E-state index is 12.8. The molecule has 1 aliphatic heterocycles. The Kier molecular flexibility index (Phi) is 5.14. The molecule has 0 amide bonds. The predicted octanol–water partition coefficient (Wildman–Crippen LogP) is 2.44. The van der Waals surface area contributed by atoms with E-state index in [1.807, 2.05) is 19.2 Å². The van der Waals surface area contributed by atoms with Crippen LogP contribution in [0.25, 0.3) is 0 Å². The molecule has 3 heteroatoms. The van der Waals surface area contributed by atoms with Crippen molar-refractivity contribution in [2.45, 2.75) is 31.7 Å². The summed E-state index contributed by atoms with van der Waals surface area (Å²) in [6, 6.07) is 7.60. The normalized spacial score (nSPS) is 20.4. The molecule has 0 aromatic heterocycles. The third-order valence-corrected chi connectivity index (χ3v) is 3.76. The Labute approximate surface area is 109 Å². The fourth-order valence-electron chi connectivity index (χ4n) is 2.79. The van der Waals surface area contributed by atoms with Gasteiger partial charge in [0.2, 0.25) is 0 Å². The Bertz CT molecular complexity index is 350. The third kappa shape index (κ3) is 3.79. The summed E-state index contributed by atoms with van der Waals surface area (Å²) >= 11 is 0. The first-order chi connectivity index (χ1) is 8.79. The van der Waals surface area contributed by atoms with Gasteiger partial charge in [0.1, 0.15) is 5.82 Å². The lowest BCUT2D eigenvalue weighted by Gasteiger charge is -2.24. The Morgan fingerprint density at radius 1 is 1.33 bits per heavy atom. The summed E-state index contributed by atoms with van der Waals surface area (Å²) in [6.45, 7) is 3.48. The third-order valence-electron chi connectivity index (χ3n) is 3.76. The van der Waals surface area contributed by atoms with Crippen LogP contribution in [0.5, 0.6) is 0 Å². The van der Waals surface area contributed by atoms with Gasteiger partial charge in [-0.3, -0.25) is 4.90 Å². The molecule has 0 aliphatic carbocycles. The summed E-state index contributed by atoms with van der Waals surface area (Å²) in [5.41, 5.74) is 1.24. The summed E-state index contributed by atoms with van der Waals surface area (Å²) in [5.74, 6) is -0.146. The van der Waals surface area contributed by atoms with Crippen molar-refractivity contribution in [3.63, 3.8) is 0 Å². The van der Waals surface area contributed by atoms with Gasteiger partial charge >= 0.3 is 0 Å². The van der Waals surface area contributed by atoms with Crippen molar-refractivity contribution in [1.82, 2.24) is 10.2 Å². The van der Waals surface area contributed by atoms with E-state index in [-0.39, 0.29) is 5.82 Å². The highest BCUT2D eigenvalue weighted by atomic mass is 19.1. The Morgan fingerprint density at radius 3 is 2.83 bits per heavy atom. The van der Waals surface area contributed by atoms with E-state index in [9.17, 15) is 4.39 Å². The number of nitrogens with one attached hydrogen (secondary N) is 1. The molecule has 1 atom stereocenters. The van der Waals surface area contributed by atoms with E-state index in [0.717, 1.165) is 25.9 Å². The number of halogens is 1. The average Bonchev–Trinajstić information content (AvgIpc) is 2.80. The number of aryl methyl sites for hydroxylation is 1. The quantitative estimate of drug-likeness (QED) is 0.834. The van der Waals surface area contributed by atoms with Crippen molar-refractivity contribution >= 4 is 0 Å². The molecule has 2 rings (SSSR count). The van der Waals surface area contributed by atoms with Crippen LogP contribution in [-0.4, -0.2) is 37.6 Å². The molecule has 1 heterocycles. The van der Waals surface area contributed by atoms with Crippen LogP contribution in [-0.2, 0) is 6.42 Å². The monoisotopic (exact) mass is 250 g/mol. The smallest absolute Gasteiger partial charge is 0.123 e. The average molecular weight is 250 g/mol. The summed E-state index contributed by atoms with van der Waals surface area (Å²) in [6.07, 6.45) is 4.84. The van der Waals surface area contributed by atoms with E-state index in [1.165, 1.54) is 24.9 Å². The molecule has 1 aromatic carbocycles. The van der Waals surface area contributed by atoms with Gasteiger partial charge in [-0.05, 0) is 63.5 Å². The number of rotatable bonds is 6. The SMILES string of the molecule is CNCC1CCCN1CCCc1ccc(F)cc1. The van der Waals surface area contributed by atoms with Crippen LogP contribution >= 0.6 is 0 Å². The Hall–Kier alpha value is -0.930. The van der Waals surface area contributed by atoms with Crippen molar-refractivity contribution in [1.29, 1.82) is 0 Å². The molecule has 2 nitrogen and oxygen atoms in total. The standard InChI is InChI=1S/C15H23FN2/c1-17-12-15-5-3-11-18(15)10-2-4-13-6-8-14(16)9-7-13/h6-9,15,17H,2-5,10-12H2,1H3. The molecule has 1 aliphatic rings. The summed E-state index contributed by atoms with van der Waals surface area (Å²) < 4.78 is 12.8. The van der Waals surface area contributed by atoms with Crippen LogP contribution in [0.15, 0.2) is 24.3 Å². The first kappa shape index (κ1) is 13.5. The summed E-state index contributed by atoms with van der Waals surface area (Å²) in [4.78, 5) is 2.58. The van der Waals surface area contributed by atoms with Gasteiger partial charge in [-0.25, -0.2) is 4.39 Å². The number of likely N-dealkylation sites (N-methyl/N-ethyl adjacent to an activating group) is 1. The molecule has 1 aromatic rings. The maximum Gasteiger partial charge on any atom is 0.123 e. The minimum Gasteiger partial charge on any atom is -0.318 e. The summed E-state index contributed by atoms with van der Waals surface area (Å²) in [5, 5.41) is 3.27. The largest absolute Gasteiger partial charge is 0.318 e. The molecule has 1 saturated heterocycles. The minimum absolute atomic E-state index is 0.146. The van der Waals surface area contributed by atoms with E-state index in [0.29, 0.717) is 6.04 Å². The number of likely N-dealkylation sites (tertiary alicyclic amines) is 1. The van der Waals surface area contributed by atoms with Crippen molar-refractivity contribution < 1.29 is 4.39 Å². The zero-order valence-corrected chi connectivity index (χ0v) is 11.2. The van der Waals surface area contributed by atoms with Gasteiger partial charge in [0.15, 0.2) is 0 Å². The van der Waals surface area contributed by atoms with E-state index in [4.69, 9.17) is 0 Å². The molecular weight excluding hydrogens is 227 g/mol. The van der Waals surface area contributed by atoms with Crippen molar-refractivity contribution in [3.8, 4) is 0 Å². The van der Waals surface area contributed by atoms with Crippen LogP contribution in [0.3, 0.4) is 0 Å². The van der Waals surface area contributed by atoms with Gasteiger partial charge in [-0.15, -0.1) is 0 Å². The lowest BCUT2D eigenvalue weighted by molar-refractivity contribution is 0.248. The molecule has 1 N–H and O–H groups in total. The summed E-state index contributed by atoms with van der Waals surface area (Å²) in [7, 11) is 2.02. The van der Waals surface area contributed by atoms with Gasteiger partial charge in [-0.2, -0.15) is 0 Å². The first-order valence-electron chi connectivity index (χ1n) is 6.92. The fraction of sp³-hybridized carbons (Fsp3) is 0.600. The number of hydrogen-bond donors (Lipinski definition) is 1. The number of hydrogen-bond acceptors (Lipinski definition) is 2. The zero-order chi connectivity index (χ0) is 12.8. The first-order valence-corrected chi connectivity index (χ1v) is 6.92. The maximum atomic E-state index is 12.8. The van der Waals surface area contributed by atoms with E-state index in [1.54, 1.807) is 12.1 Å². The molecule has 1 fully saturated rings. The highest BCUT2D eigenvalue weighted by molar-refractivity contribution is 5.16. The van der Waals surface area contributed by atoms with Crippen molar-refractivity contribution in [2.75, 3.05) is 26.7 Å². The van der Waals surface area contributed by atoms with Crippen LogP contribution in [0, 0.1) is 5.82 Å². The second kappa shape index (κ2) is 6.86. The Balaban J connectivity index is 1.73. The topological polar surface area (TPSA) is 15.3 Å². The van der Waals surface area contributed by atoms with Crippen molar-refractivity contribution in [3.05, 3.63) is 35.6 Å². The molecule has 0 spiro atoms. The van der Waals surface area contributed by atoms with Crippen LogP contribution in [0.4, 0.5) is 4.39 Å². The van der Waals surface area contributed by atoms with Gasteiger partial charge < -0.3 is 5.32 Å². The Morgan fingerprint density at radius 2 is 2.11 bits per heavy atom.